The second-order valence-electron chi connectivity index (χ2n) is 8.93. The van der Waals surface area contributed by atoms with Crippen molar-refractivity contribution < 1.29 is 8.83 Å². The molecule has 0 fully saturated rings. The smallest absolute Gasteiger partial charge is 0.154 e. The fourth-order valence-corrected chi connectivity index (χ4v) is 8.95. The van der Waals surface area contributed by atoms with Crippen molar-refractivity contribution in [1.29, 1.82) is 0 Å². The summed E-state index contributed by atoms with van der Waals surface area (Å²) >= 11 is 14.7. The molecule has 0 bridgehead atoms. The molecule has 2 radical (unpaired) electrons. The molecule has 7 rings (SSSR count). The normalized spacial score (nSPS) is 12.1. The van der Waals surface area contributed by atoms with Crippen LogP contribution in [0.15, 0.2) is 70.8 Å². The number of hydrogen-bond donors (Lipinski definition) is 0. The maximum Gasteiger partial charge on any atom is 0.154 e. The van der Waals surface area contributed by atoms with Gasteiger partial charge in [-0.2, -0.15) is 0 Å². The predicted octanol–water partition coefficient (Wildman–Crippen LogP) is 10.6. The summed E-state index contributed by atoms with van der Waals surface area (Å²) in [5, 5.41) is 2.21. The number of fused-ring (bicyclic) bond motifs is 6. The van der Waals surface area contributed by atoms with Crippen molar-refractivity contribution in [2.45, 2.75) is 13.8 Å². The molecule has 0 atom stereocenters. The predicted molar refractivity (Wildman–Crippen MR) is 166 cm³/mol. The molecule has 36 heavy (non-hydrogen) atoms. The van der Waals surface area contributed by atoms with Gasteiger partial charge in [-0.1, -0.05) is 51.2 Å². The Morgan fingerprint density at radius 3 is 1.69 bits per heavy atom. The third-order valence-electron chi connectivity index (χ3n) is 6.43. The zero-order valence-electron chi connectivity index (χ0n) is 19.0. The van der Waals surface area contributed by atoms with E-state index in [0.717, 1.165) is 82.4 Å². The molecule has 4 aromatic heterocycles. The van der Waals surface area contributed by atoms with E-state index in [9.17, 15) is 0 Å². The van der Waals surface area contributed by atoms with Crippen LogP contribution in [-0.4, -0.2) is 7.85 Å². The zero-order chi connectivity index (χ0) is 24.9. The first-order chi connectivity index (χ1) is 17.3. The van der Waals surface area contributed by atoms with Crippen LogP contribution < -0.4 is 5.46 Å². The average Bonchev–Trinajstić information content (AvgIpc) is 3.54. The minimum atomic E-state index is 0.711. The number of furan rings is 2. The third-order valence-corrected chi connectivity index (χ3v) is 11.4. The highest BCUT2D eigenvalue weighted by molar-refractivity contribution is 9.11. The number of aryl methyl sites for hydroxylation is 2. The quantitative estimate of drug-likeness (QED) is 0.168. The highest BCUT2D eigenvalue weighted by Crippen LogP contribution is 2.50. The van der Waals surface area contributed by atoms with Crippen molar-refractivity contribution >= 4 is 125 Å². The molecule has 7 aromatic rings. The van der Waals surface area contributed by atoms with E-state index in [1.54, 1.807) is 22.7 Å². The topological polar surface area (TPSA) is 26.3 Å². The second-order valence-corrected chi connectivity index (χ2v) is 13.5. The Morgan fingerprint density at radius 1 is 0.667 bits per heavy atom. The Bertz CT molecular complexity index is 1880. The minimum absolute atomic E-state index is 0.711. The molecule has 0 unspecified atom stereocenters. The van der Waals surface area contributed by atoms with Crippen molar-refractivity contribution in [3.05, 3.63) is 73.1 Å². The summed E-state index contributed by atoms with van der Waals surface area (Å²) in [6, 6.07) is 16.8. The fraction of sp³-hybridized carbons (Fsp3) is 0.0714. The van der Waals surface area contributed by atoms with Crippen LogP contribution >= 0.6 is 70.5 Å². The summed E-state index contributed by atoms with van der Waals surface area (Å²) in [5.74, 6) is 1.61. The summed E-state index contributed by atoms with van der Waals surface area (Å²) in [6.45, 7) is 4.12. The molecule has 0 spiro atoms. The van der Waals surface area contributed by atoms with Crippen molar-refractivity contribution in [3.63, 3.8) is 0 Å². The molecule has 0 aliphatic carbocycles. The molecule has 3 aromatic carbocycles. The molecule has 0 saturated heterocycles. The zero-order valence-corrected chi connectivity index (χ0v) is 25.4. The van der Waals surface area contributed by atoms with Crippen molar-refractivity contribution in [3.8, 4) is 22.6 Å². The summed E-state index contributed by atoms with van der Waals surface area (Å²) in [7, 11) is 6.32. The molecule has 4 heterocycles. The number of rotatable bonds is 2. The van der Waals surface area contributed by atoms with Gasteiger partial charge in [0.05, 0.1) is 18.3 Å². The van der Waals surface area contributed by atoms with E-state index in [4.69, 9.17) is 16.7 Å². The van der Waals surface area contributed by atoms with E-state index in [1.807, 2.05) is 19.1 Å². The summed E-state index contributed by atoms with van der Waals surface area (Å²) in [6.07, 6.45) is 0. The number of halogens is 3. The van der Waals surface area contributed by atoms with Gasteiger partial charge in [0.25, 0.3) is 0 Å². The van der Waals surface area contributed by atoms with Crippen LogP contribution in [0, 0.1) is 13.8 Å². The number of thiophene rings is 2. The lowest BCUT2D eigenvalue weighted by Gasteiger charge is -2.05. The highest BCUT2D eigenvalue weighted by atomic mass is 79.9. The molecule has 0 N–H and O–H groups in total. The van der Waals surface area contributed by atoms with E-state index < -0.39 is 0 Å². The third kappa shape index (κ3) is 3.38. The molecule has 2 nitrogen and oxygen atoms in total. The Hall–Kier alpha value is -1.84. The van der Waals surface area contributed by atoms with Crippen LogP contribution in [0.3, 0.4) is 0 Å². The minimum Gasteiger partial charge on any atom is -0.453 e. The van der Waals surface area contributed by atoms with E-state index in [2.05, 4.69) is 91.1 Å². The Labute approximate surface area is 241 Å². The maximum atomic E-state index is 6.48. The van der Waals surface area contributed by atoms with Crippen molar-refractivity contribution in [2.75, 3.05) is 0 Å². The molecule has 8 heteroatoms. The lowest BCUT2D eigenvalue weighted by atomic mass is 9.88. The van der Waals surface area contributed by atoms with Gasteiger partial charge < -0.3 is 8.83 Å². The fourth-order valence-electron chi connectivity index (χ4n) is 4.67. The van der Waals surface area contributed by atoms with Gasteiger partial charge >= 0.3 is 0 Å². The van der Waals surface area contributed by atoms with Gasteiger partial charge in [0.1, 0.15) is 13.6 Å². The summed E-state index contributed by atoms with van der Waals surface area (Å²) < 4.78 is 20.4. The van der Waals surface area contributed by atoms with Crippen LogP contribution in [0.1, 0.15) is 11.1 Å². The largest absolute Gasteiger partial charge is 0.453 e. The number of hydrogen-bond acceptors (Lipinski definition) is 4. The first kappa shape index (κ1) is 23.3. The number of benzene rings is 3. The van der Waals surface area contributed by atoms with E-state index in [0.29, 0.717) is 5.46 Å². The highest BCUT2D eigenvalue weighted by Gasteiger charge is 2.24. The second kappa shape index (κ2) is 8.33. The van der Waals surface area contributed by atoms with Gasteiger partial charge in [0.15, 0.2) is 16.9 Å². The van der Waals surface area contributed by atoms with E-state index in [-0.39, 0.29) is 0 Å². The average molecular weight is 697 g/mol. The maximum absolute atomic E-state index is 6.48. The van der Waals surface area contributed by atoms with Crippen LogP contribution in [-0.2, 0) is 0 Å². The van der Waals surface area contributed by atoms with Crippen molar-refractivity contribution in [1.82, 2.24) is 0 Å². The van der Waals surface area contributed by atoms with E-state index >= 15 is 0 Å². The molecule has 0 aliphatic rings. The molecule has 174 valence electrons. The lowest BCUT2D eigenvalue weighted by molar-refractivity contribution is 0.633. The Morgan fingerprint density at radius 2 is 1.17 bits per heavy atom. The van der Waals surface area contributed by atoms with Gasteiger partial charge in [0, 0.05) is 35.8 Å². The van der Waals surface area contributed by atoms with Crippen LogP contribution in [0.2, 0.25) is 0 Å². The van der Waals surface area contributed by atoms with Gasteiger partial charge in [0.2, 0.25) is 0 Å². The Kier molecular flexibility index (Phi) is 5.39. The molecule has 0 saturated carbocycles. The monoisotopic (exact) mass is 694 g/mol. The molecule has 0 aliphatic heterocycles. The van der Waals surface area contributed by atoms with Crippen molar-refractivity contribution in [2.24, 2.45) is 0 Å². The van der Waals surface area contributed by atoms with Gasteiger partial charge in [-0.3, -0.25) is 0 Å². The van der Waals surface area contributed by atoms with E-state index in [1.165, 1.54) is 5.56 Å². The molecule has 0 amide bonds. The standard InChI is InChI=1S/C28H14BBr3O2S2/c1-11-3-5-13(17(29)7-11)23-21(31)27-25(33-23)15-9-20-16(10-19(15)35-27)26-28(36-20)22(32)24(34-26)14-6-4-12(2)8-18(14)30/h3-10H,1-2H3. The summed E-state index contributed by atoms with van der Waals surface area (Å²) in [5.41, 5.74) is 6.76. The first-order valence-corrected chi connectivity index (χ1v) is 15.1. The summed E-state index contributed by atoms with van der Waals surface area (Å²) in [4.78, 5) is 0. The van der Waals surface area contributed by atoms with Crippen LogP contribution in [0.4, 0.5) is 0 Å². The van der Waals surface area contributed by atoms with Gasteiger partial charge in [-0.15, -0.1) is 22.7 Å². The van der Waals surface area contributed by atoms with Gasteiger partial charge in [-0.05, 0) is 75.5 Å². The SMILES string of the molecule is [B]c1cc(C)ccc1-c1oc2c(sc3cc4c(cc32)sc2c(Br)c(-c3ccc(C)cc3Br)oc24)c1Br. The Balaban J connectivity index is 1.43. The molecular formula is C28H14BBr3O2S2. The molecular weight excluding hydrogens is 683 g/mol. The lowest BCUT2D eigenvalue weighted by Crippen LogP contribution is -2.06. The van der Waals surface area contributed by atoms with Crippen LogP contribution in [0.5, 0.6) is 0 Å². The van der Waals surface area contributed by atoms with Gasteiger partial charge in [-0.25, -0.2) is 0 Å². The first-order valence-electron chi connectivity index (χ1n) is 11.1. The van der Waals surface area contributed by atoms with Crippen LogP contribution in [0.25, 0.3) is 63.4 Å².